The molecule has 0 atom stereocenters. The number of amides is 2. The minimum Gasteiger partial charge on any atom is -0.261 e. The highest BCUT2D eigenvalue weighted by atomic mass is 16.2. The van der Waals surface area contributed by atoms with E-state index in [0.717, 1.165) is 12.8 Å². The van der Waals surface area contributed by atoms with E-state index in [-0.39, 0.29) is 0 Å². The van der Waals surface area contributed by atoms with Gasteiger partial charge in [0.15, 0.2) is 0 Å². The van der Waals surface area contributed by atoms with Crippen molar-refractivity contribution in [1.29, 1.82) is 0 Å². The summed E-state index contributed by atoms with van der Waals surface area (Å²) in [5, 5.41) is 7.99. The molecule has 0 radical (unpaired) electrons. The van der Waals surface area contributed by atoms with E-state index in [2.05, 4.69) is 17.3 Å². The Labute approximate surface area is 147 Å². The Kier molecular flexibility index (Phi) is 12.2. The van der Waals surface area contributed by atoms with Crippen molar-refractivity contribution in [3.05, 3.63) is 0 Å². The van der Waals surface area contributed by atoms with Crippen LogP contribution in [0.4, 0.5) is 0 Å². The molecule has 0 bridgehead atoms. The average molecular weight is 338 g/mol. The second kappa shape index (κ2) is 14.1. The molecular weight excluding hydrogens is 302 g/mol. The quantitative estimate of drug-likeness (QED) is 0.272. The zero-order chi connectivity index (χ0) is 17.5. The monoisotopic (exact) mass is 337 g/mol. The lowest BCUT2D eigenvalue weighted by Gasteiger charge is -2.08. The fourth-order valence-electron chi connectivity index (χ4n) is 3.07. The third-order valence-electron chi connectivity index (χ3n) is 4.63. The van der Waals surface area contributed by atoms with E-state index in [9.17, 15) is 9.59 Å². The maximum Gasteiger partial charge on any atom is 0.356 e. The van der Waals surface area contributed by atoms with Gasteiger partial charge < -0.3 is 0 Å². The number of hydrogen-bond acceptors (Lipinski definition) is 3. The summed E-state index contributed by atoms with van der Waals surface area (Å²) in [5.41, 5.74) is 0. The molecule has 1 heterocycles. The number of hydrogen-bond donors (Lipinski definition) is 0. The van der Waals surface area contributed by atoms with Gasteiger partial charge in [-0.25, -0.2) is 5.01 Å². The zero-order valence-electron chi connectivity index (χ0n) is 15.5. The minimum atomic E-state index is -0.740. The molecule has 1 rings (SSSR count). The fourth-order valence-corrected chi connectivity index (χ4v) is 3.07. The van der Waals surface area contributed by atoms with Crippen LogP contribution in [0.5, 0.6) is 0 Å². The first kappa shape index (κ1) is 20.8. The highest BCUT2D eigenvalue weighted by Crippen LogP contribution is 2.14. The van der Waals surface area contributed by atoms with Crippen LogP contribution in [-0.4, -0.2) is 23.4 Å². The number of nitrogens with zero attached hydrogens (tertiary/aromatic N) is 3. The van der Waals surface area contributed by atoms with Crippen molar-refractivity contribution in [2.75, 3.05) is 6.54 Å². The van der Waals surface area contributed by atoms with E-state index in [1.54, 1.807) is 0 Å². The molecule has 138 valence electrons. The third-order valence-corrected chi connectivity index (χ3v) is 4.63. The second-order valence-electron chi connectivity index (χ2n) is 6.87. The molecule has 0 fully saturated rings. The molecule has 1 aliphatic heterocycles. The van der Waals surface area contributed by atoms with Crippen molar-refractivity contribution < 1.29 is 9.59 Å². The van der Waals surface area contributed by atoms with Gasteiger partial charge in [-0.3, -0.25) is 9.59 Å². The molecule has 0 aromatic heterocycles. The molecule has 0 N–H and O–H groups in total. The predicted octanol–water partition coefficient (Wildman–Crippen LogP) is 5.59. The first-order chi connectivity index (χ1) is 11.8. The Morgan fingerprint density at radius 2 is 1.08 bits per heavy atom. The van der Waals surface area contributed by atoms with Gasteiger partial charge in [0.05, 0.1) is 0 Å². The SMILES string of the molecule is CCCCCCCCCCCCCCCCCN1N=NC(=O)C1=O. The molecule has 0 saturated heterocycles. The van der Waals surface area contributed by atoms with Crippen LogP contribution in [0, 0.1) is 0 Å². The van der Waals surface area contributed by atoms with Crippen LogP contribution < -0.4 is 0 Å². The van der Waals surface area contributed by atoms with Gasteiger partial charge >= 0.3 is 11.8 Å². The molecule has 2 amide bonds. The van der Waals surface area contributed by atoms with Crippen LogP contribution in [0.1, 0.15) is 103 Å². The van der Waals surface area contributed by atoms with Crippen molar-refractivity contribution in [3.8, 4) is 0 Å². The fraction of sp³-hybridized carbons (Fsp3) is 0.895. The molecule has 5 nitrogen and oxygen atoms in total. The highest BCUT2D eigenvalue weighted by molar-refractivity contribution is 6.36. The van der Waals surface area contributed by atoms with Crippen LogP contribution >= 0.6 is 0 Å². The van der Waals surface area contributed by atoms with Gasteiger partial charge in [-0.15, -0.1) is 0 Å². The summed E-state index contributed by atoms with van der Waals surface area (Å²) in [7, 11) is 0. The van der Waals surface area contributed by atoms with Crippen LogP contribution in [0.25, 0.3) is 0 Å². The molecule has 0 aliphatic carbocycles. The van der Waals surface area contributed by atoms with Crippen molar-refractivity contribution in [3.63, 3.8) is 0 Å². The Bertz CT molecular complexity index is 383. The lowest BCUT2D eigenvalue weighted by molar-refractivity contribution is -0.141. The molecule has 0 unspecified atom stereocenters. The summed E-state index contributed by atoms with van der Waals surface area (Å²) in [5.74, 6) is -1.32. The van der Waals surface area contributed by atoms with Crippen LogP contribution in [0.15, 0.2) is 10.3 Å². The summed E-state index contributed by atoms with van der Waals surface area (Å²) in [4.78, 5) is 22.2. The number of carbonyl (C=O) groups is 2. The first-order valence-corrected chi connectivity index (χ1v) is 10.0. The standard InChI is InChI=1S/C19H35N3O2/c1-2-3-4-5-6-7-8-9-10-11-12-13-14-15-16-17-22-19(24)18(23)20-21-22/h2-17H2,1H3. The topological polar surface area (TPSA) is 62.1 Å². The predicted molar refractivity (Wildman–Crippen MR) is 96.5 cm³/mol. The van der Waals surface area contributed by atoms with E-state index in [4.69, 9.17) is 0 Å². The smallest absolute Gasteiger partial charge is 0.261 e. The Morgan fingerprint density at radius 1 is 0.667 bits per heavy atom. The first-order valence-electron chi connectivity index (χ1n) is 10.0. The molecule has 24 heavy (non-hydrogen) atoms. The third kappa shape index (κ3) is 9.78. The molecule has 1 aliphatic rings. The van der Waals surface area contributed by atoms with Gasteiger partial charge in [0.2, 0.25) is 0 Å². The highest BCUT2D eigenvalue weighted by Gasteiger charge is 2.27. The molecule has 0 saturated carbocycles. The number of unbranched alkanes of at least 4 members (excludes halogenated alkanes) is 14. The van der Waals surface area contributed by atoms with Gasteiger partial charge in [0.25, 0.3) is 0 Å². The zero-order valence-corrected chi connectivity index (χ0v) is 15.5. The minimum absolute atomic E-state index is 0.520. The summed E-state index contributed by atoms with van der Waals surface area (Å²) >= 11 is 0. The molecular formula is C19H35N3O2. The van der Waals surface area contributed by atoms with E-state index >= 15 is 0 Å². The van der Waals surface area contributed by atoms with Crippen molar-refractivity contribution in [2.24, 2.45) is 10.3 Å². The lowest BCUT2D eigenvalue weighted by Crippen LogP contribution is -2.26. The number of carbonyl (C=O) groups excluding carboxylic acids is 2. The molecule has 0 aromatic rings. The second-order valence-corrected chi connectivity index (χ2v) is 6.87. The maximum atomic E-state index is 11.3. The van der Waals surface area contributed by atoms with Crippen LogP contribution in [0.2, 0.25) is 0 Å². The van der Waals surface area contributed by atoms with Crippen LogP contribution in [0.3, 0.4) is 0 Å². The van der Waals surface area contributed by atoms with Crippen molar-refractivity contribution in [1.82, 2.24) is 5.01 Å². The van der Waals surface area contributed by atoms with Gasteiger partial charge in [0.1, 0.15) is 0 Å². The summed E-state index contributed by atoms with van der Waals surface area (Å²) in [6.45, 7) is 2.79. The van der Waals surface area contributed by atoms with Gasteiger partial charge in [0, 0.05) is 6.54 Å². The van der Waals surface area contributed by atoms with Gasteiger partial charge in [-0.05, 0) is 6.42 Å². The van der Waals surface area contributed by atoms with E-state index in [1.165, 1.54) is 88.5 Å². The summed E-state index contributed by atoms with van der Waals surface area (Å²) < 4.78 is 0. The summed E-state index contributed by atoms with van der Waals surface area (Å²) in [6.07, 6.45) is 19.7. The van der Waals surface area contributed by atoms with Gasteiger partial charge in [-0.2, -0.15) is 0 Å². The van der Waals surface area contributed by atoms with Gasteiger partial charge in [-0.1, -0.05) is 107 Å². The Hall–Kier alpha value is -1.26. The Morgan fingerprint density at radius 3 is 1.46 bits per heavy atom. The Balaban J connectivity index is 1.74. The van der Waals surface area contributed by atoms with Crippen LogP contribution in [-0.2, 0) is 9.59 Å². The molecule has 0 aromatic carbocycles. The van der Waals surface area contributed by atoms with Crippen molar-refractivity contribution >= 4 is 11.8 Å². The normalized spacial score (nSPS) is 14.1. The molecule has 0 spiro atoms. The maximum absolute atomic E-state index is 11.3. The van der Waals surface area contributed by atoms with E-state index in [0.29, 0.717) is 6.54 Å². The average Bonchev–Trinajstić information content (AvgIpc) is 2.90. The van der Waals surface area contributed by atoms with E-state index < -0.39 is 11.8 Å². The van der Waals surface area contributed by atoms with Crippen molar-refractivity contribution in [2.45, 2.75) is 103 Å². The molecule has 5 heteroatoms. The lowest BCUT2D eigenvalue weighted by atomic mass is 10.0. The summed E-state index contributed by atoms with van der Waals surface area (Å²) in [6, 6.07) is 0. The largest absolute Gasteiger partial charge is 0.356 e. The van der Waals surface area contributed by atoms with E-state index in [1.807, 2.05) is 0 Å². The number of rotatable bonds is 16.